The van der Waals surface area contributed by atoms with Crippen LogP contribution in [0.4, 0.5) is 5.69 Å². The van der Waals surface area contributed by atoms with Crippen LogP contribution in [0.2, 0.25) is 5.02 Å². The molecule has 1 saturated heterocycles. The van der Waals surface area contributed by atoms with Gasteiger partial charge in [-0.1, -0.05) is 35.9 Å². The first-order valence-corrected chi connectivity index (χ1v) is 13.6. The molecule has 194 valence electrons. The Morgan fingerprint density at radius 1 is 1.03 bits per heavy atom. The summed E-state index contributed by atoms with van der Waals surface area (Å²) in [6.45, 7) is 0.975. The number of rotatable bonds is 10. The van der Waals surface area contributed by atoms with Gasteiger partial charge < -0.3 is 15.0 Å². The van der Waals surface area contributed by atoms with Gasteiger partial charge in [-0.25, -0.2) is 8.42 Å². The van der Waals surface area contributed by atoms with Crippen LogP contribution in [0, 0.1) is 0 Å². The van der Waals surface area contributed by atoms with Crippen molar-refractivity contribution in [3.8, 4) is 5.75 Å². The molecule has 0 radical (unpaired) electrons. The monoisotopic (exact) mass is 541 g/mol. The standard InChI is InChI=1S/C27H28ClN3O5S/c1-36-24-12-14-25(15-13-24)37(34,35)31(23-10-8-22(28)9-11-23)19-26(32)29-17-20-5-2-3-6-21(20)18-30-16-4-7-27(30)33/h2-3,5-6,8-15H,4,7,16-19H2,1H3,(H,29,32). The van der Waals surface area contributed by atoms with Gasteiger partial charge in [-0.3, -0.25) is 13.9 Å². The van der Waals surface area contributed by atoms with Crippen molar-refractivity contribution in [1.82, 2.24) is 10.2 Å². The van der Waals surface area contributed by atoms with Crippen LogP contribution in [0.5, 0.6) is 5.75 Å². The number of sulfonamides is 1. The number of halogens is 1. The lowest BCUT2D eigenvalue weighted by Gasteiger charge is -2.24. The summed E-state index contributed by atoms with van der Waals surface area (Å²) in [5, 5.41) is 3.28. The maximum Gasteiger partial charge on any atom is 0.264 e. The molecular weight excluding hydrogens is 514 g/mol. The number of anilines is 1. The first-order valence-electron chi connectivity index (χ1n) is 11.8. The second-order valence-electron chi connectivity index (χ2n) is 8.63. The second-order valence-corrected chi connectivity index (χ2v) is 10.9. The van der Waals surface area contributed by atoms with E-state index in [4.69, 9.17) is 16.3 Å². The molecule has 0 aliphatic carbocycles. The zero-order chi connectivity index (χ0) is 26.4. The van der Waals surface area contributed by atoms with Gasteiger partial charge in [0.15, 0.2) is 0 Å². The van der Waals surface area contributed by atoms with E-state index in [1.165, 1.54) is 19.2 Å². The highest BCUT2D eigenvalue weighted by molar-refractivity contribution is 7.92. The van der Waals surface area contributed by atoms with Gasteiger partial charge >= 0.3 is 0 Å². The Morgan fingerprint density at radius 2 is 1.70 bits per heavy atom. The lowest BCUT2D eigenvalue weighted by atomic mass is 10.1. The van der Waals surface area contributed by atoms with Crippen LogP contribution in [0.3, 0.4) is 0 Å². The highest BCUT2D eigenvalue weighted by Gasteiger charge is 2.27. The number of methoxy groups -OCH3 is 1. The molecule has 0 aromatic heterocycles. The lowest BCUT2D eigenvalue weighted by molar-refractivity contribution is -0.128. The van der Waals surface area contributed by atoms with E-state index < -0.39 is 22.5 Å². The van der Waals surface area contributed by atoms with Gasteiger partial charge in [-0.15, -0.1) is 0 Å². The maximum absolute atomic E-state index is 13.5. The number of amides is 2. The van der Waals surface area contributed by atoms with Crippen molar-refractivity contribution in [2.45, 2.75) is 30.8 Å². The van der Waals surface area contributed by atoms with Gasteiger partial charge in [0.05, 0.1) is 17.7 Å². The second kappa shape index (κ2) is 11.7. The normalized spacial score (nSPS) is 13.5. The Balaban J connectivity index is 1.52. The van der Waals surface area contributed by atoms with E-state index in [0.717, 1.165) is 28.4 Å². The molecule has 4 rings (SSSR count). The van der Waals surface area contributed by atoms with Crippen LogP contribution in [-0.2, 0) is 32.7 Å². The molecule has 0 unspecified atom stereocenters. The summed E-state index contributed by atoms with van der Waals surface area (Å²) in [5.41, 5.74) is 2.12. The Morgan fingerprint density at radius 3 is 2.32 bits per heavy atom. The van der Waals surface area contributed by atoms with Crippen molar-refractivity contribution in [3.05, 3.63) is 88.9 Å². The molecule has 37 heavy (non-hydrogen) atoms. The third kappa shape index (κ3) is 6.42. The molecule has 0 spiro atoms. The molecule has 1 aliphatic rings. The molecule has 8 nitrogen and oxygen atoms in total. The van der Waals surface area contributed by atoms with E-state index in [9.17, 15) is 18.0 Å². The minimum Gasteiger partial charge on any atom is -0.497 e. The van der Waals surface area contributed by atoms with E-state index in [1.807, 2.05) is 29.2 Å². The number of likely N-dealkylation sites (tertiary alicyclic amines) is 1. The van der Waals surface area contributed by atoms with Crippen molar-refractivity contribution < 1.29 is 22.7 Å². The first-order chi connectivity index (χ1) is 17.8. The van der Waals surface area contributed by atoms with Crippen molar-refractivity contribution in [3.63, 3.8) is 0 Å². The topological polar surface area (TPSA) is 96.0 Å². The molecule has 0 atom stereocenters. The van der Waals surface area contributed by atoms with E-state index in [1.54, 1.807) is 36.4 Å². The van der Waals surface area contributed by atoms with E-state index in [2.05, 4.69) is 5.32 Å². The third-order valence-corrected chi connectivity index (χ3v) is 8.22. The van der Waals surface area contributed by atoms with Crippen LogP contribution < -0.4 is 14.4 Å². The Bertz CT molecular complexity index is 1360. The van der Waals surface area contributed by atoms with Crippen LogP contribution >= 0.6 is 11.6 Å². The molecule has 2 amide bonds. The summed E-state index contributed by atoms with van der Waals surface area (Å²) >= 11 is 6.00. The summed E-state index contributed by atoms with van der Waals surface area (Å²) < 4.78 is 33.3. The van der Waals surface area contributed by atoms with Gasteiger partial charge in [0.1, 0.15) is 12.3 Å². The minimum atomic E-state index is -4.07. The number of benzene rings is 3. The highest BCUT2D eigenvalue weighted by Crippen LogP contribution is 2.26. The third-order valence-electron chi connectivity index (χ3n) is 6.18. The van der Waals surface area contributed by atoms with Gasteiger partial charge in [0, 0.05) is 31.1 Å². The quantitative estimate of drug-likeness (QED) is 0.419. The smallest absolute Gasteiger partial charge is 0.264 e. The number of hydrogen-bond acceptors (Lipinski definition) is 5. The number of nitrogens with zero attached hydrogens (tertiary/aromatic N) is 2. The van der Waals surface area contributed by atoms with Gasteiger partial charge in [-0.2, -0.15) is 0 Å². The zero-order valence-electron chi connectivity index (χ0n) is 20.4. The van der Waals surface area contributed by atoms with Crippen molar-refractivity contribution in [2.75, 3.05) is 24.5 Å². The number of ether oxygens (including phenoxy) is 1. The van der Waals surface area contributed by atoms with Crippen LogP contribution in [0.25, 0.3) is 0 Å². The van der Waals surface area contributed by atoms with Gasteiger partial charge in [-0.05, 0) is 66.1 Å². The van der Waals surface area contributed by atoms with Gasteiger partial charge in [0.2, 0.25) is 11.8 Å². The van der Waals surface area contributed by atoms with Crippen LogP contribution in [0.15, 0.2) is 77.7 Å². The number of carbonyl (C=O) groups is 2. The molecule has 1 heterocycles. The van der Waals surface area contributed by atoms with E-state index in [0.29, 0.717) is 29.4 Å². The fourth-order valence-electron chi connectivity index (χ4n) is 4.14. The van der Waals surface area contributed by atoms with Gasteiger partial charge in [0.25, 0.3) is 10.0 Å². The summed E-state index contributed by atoms with van der Waals surface area (Å²) in [4.78, 5) is 26.9. The van der Waals surface area contributed by atoms with Crippen LogP contribution in [0.1, 0.15) is 24.0 Å². The highest BCUT2D eigenvalue weighted by atomic mass is 35.5. The largest absolute Gasteiger partial charge is 0.497 e. The van der Waals surface area contributed by atoms with Crippen molar-refractivity contribution in [1.29, 1.82) is 0 Å². The SMILES string of the molecule is COc1ccc(S(=O)(=O)N(CC(=O)NCc2ccccc2CN2CCCC2=O)c2ccc(Cl)cc2)cc1. The fourth-order valence-corrected chi connectivity index (χ4v) is 5.69. The van der Waals surface area contributed by atoms with Crippen molar-refractivity contribution in [2.24, 2.45) is 0 Å². The van der Waals surface area contributed by atoms with E-state index >= 15 is 0 Å². The summed E-state index contributed by atoms with van der Waals surface area (Å²) in [5.74, 6) is 0.171. The molecule has 1 fully saturated rings. The number of hydrogen-bond donors (Lipinski definition) is 1. The zero-order valence-corrected chi connectivity index (χ0v) is 22.0. The maximum atomic E-state index is 13.5. The first kappa shape index (κ1) is 26.5. The molecule has 0 saturated carbocycles. The molecule has 1 aliphatic heterocycles. The predicted molar refractivity (Wildman–Crippen MR) is 142 cm³/mol. The molecule has 0 bridgehead atoms. The summed E-state index contributed by atoms with van der Waals surface area (Å²) in [7, 11) is -2.58. The minimum absolute atomic E-state index is 0.0247. The molecule has 3 aromatic rings. The molecule has 1 N–H and O–H groups in total. The lowest BCUT2D eigenvalue weighted by Crippen LogP contribution is -2.40. The average molecular weight is 542 g/mol. The van der Waals surface area contributed by atoms with E-state index in [-0.39, 0.29) is 17.3 Å². The molecule has 10 heteroatoms. The Hall–Kier alpha value is -3.56. The van der Waals surface area contributed by atoms with Crippen molar-refractivity contribution >= 4 is 39.1 Å². The number of nitrogens with one attached hydrogen (secondary N) is 1. The Kier molecular flexibility index (Phi) is 8.35. The number of carbonyl (C=O) groups excluding carboxylic acids is 2. The predicted octanol–water partition coefficient (Wildman–Crippen LogP) is 3.98. The molecule has 3 aromatic carbocycles. The van der Waals surface area contributed by atoms with Crippen LogP contribution in [-0.4, -0.2) is 45.3 Å². The average Bonchev–Trinajstić information content (AvgIpc) is 3.31. The molecular formula is C27H28ClN3O5S. The summed E-state index contributed by atoms with van der Waals surface area (Å²) in [6, 6.07) is 19.8. The fraction of sp³-hybridized carbons (Fsp3) is 0.259. The summed E-state index contributed by atoms with van der Waals surface area (Å²) in [6.07, 6.45) is 1.41. The Labute approximate surface area is 221 Å².